The van der Waals surface area contributed by atoms with Gasteiger partial charge in [-0.25, -0.2) is 0 Å². The average Bonchev–Trinajstić information content (AvgIpc) is 2.82. The lowest BCUT2D eigenvalue weighted by atomic mass is 9.80. The first kappa shape index (κ1) is 20.9. The van der Waals surface area contributed by atoms with Crippen LogP contribution in [0.25, 0.3) is 0 Å². The molecule has 4 aliphatic rings. The van der Waals surface area contributed by atoms with Gasteiger partial charge in [-0.15, -0.1) is 24.8 Å². The third kappa shape index (κ3) is 3.98. The predicted molar refractivity (Wildman–Crippen MR) is 103 cm³/mol. The highest BCUT2D eigenvalue weighted by Crippen LogP contribution is 2.37. The fourth-order valence-corrected chi connectivity index (χ4v) is 4.82. The topological polar surface area (TPSA) is 66.0 Å². The first-order valence-electron chi connectivity index (χ1n) is 9.08. The van der Waals surface area contributed by atoms with E-state index in [0.717, 1.165) is 77.1 Å². The standard InChI is InChI=1S/C17H28N4O2.2ClH/c1-13-19-15(22)17(20-13)5-9-21(10-6-17)14-2-11-23-16(12-14)3-7-18-8-4-16;;/h14,18H,2-12H2,1H3,(H,19,20,22);2*1H. The molecule has 0 radical (unpaired) electrons. The number of amides is 1. The summed E-state index contributed by atoms with van der Waals surface area (Å²) in [5, 5.41) is 6.32. The van der Waals surface area contributed by atoms with E-state index in [1.807, 2.05) is 6.92 Å². The molecule has 25 heavy (non-hydrogen) atoms. The van der Waals surface area contributed by atoms with Crippen LogP contribution in [-0.4, -0.2) is 66.6 Å². The van der Waals surface area contributed by atoms with Crippen molar-refractivity contribution in [3.8, 4) is 0 Å². The highest BCUT2D eigenvalue weighted by Gasteiger charge is 2.47. The van der Waals surface area contributed by atoms with E-state index >= 15 is 0 Å². The first-order valence-corrected chi connectivity index (χ1v) is 9.08. The van der Waals surface area contributed by atoms with Crippen LogP contribution in [0.2, 0.25) is 0 Å². The number of aliphatic imine (C=N–C) groups is 1. The number of amidine groups is 1. The lowest BCUT2D eigenvalue weighted by Crippen LogP contribution is -2.56. The molecular weight excluding hydrogens is 363 g/mol. The van der Waals surface area contributed by atoms with Crippen molar-refractivity contribution in [1.82, 2.24) is 15.5 Å². The Balaban J connectivity index is 0.00000113. The smallest absolute Gasteiger partial charge is 0.253 e. The van der Waals surface area contributed by atoms with Crippen LogP contribution in [0.4, 0.5) is 0 Å². The Labute approximate surface area is 162 Å². The van der Waals surface area contributed by atoms with Crippen molar-refractivity contribution < 1.29 is 9.53 Å². The molecule has 4 aliphatic heterocycles. The van der Waals surface area contributed by atoms with Gasteiger partial charge in [0.1, 0.15) is 11.4 Å². The number of halogens is 2. The maximum absolute atomic E-state index is 12.2. The van der Waals surface area contributed by atoms with Crippen molar-refractivity contribution in [2.75, 3.05) is 32.8 Å². The zero-order chi connectivity index (χ0) is 15.9. The molecule has 144 valence electrons. The number of piperidine rings is 2. The molecule has 3 saturated heterocycles. The number of hydrogen-bond donors (Lipinski definition) is 2. The van der Waals surface area contributed by atoms with Gasteiger partial charge in [0, 0.05) is 25.7 Å². The summed E-state index contributed by atoms with van der Waals surface area (Å²) in [7, 11) is 0. The van der Waals surface area contributed by atoms with E-state index in [2.05, 4.69) is 20.5 Å². The van der Waals surface area contributed by atoms with Crippen LogP contribution in [0.1, 0.15) is 45.4 Å². The van der Waals surface area contributed by atoms with E-state index < -0.39 is 5.54 Å². The lowest BCUT2D eigenvalue weighted by molar-refractivity contribution is -0.131. The van der Waals surface area contributed by atoms with E-state index in [-0.39, 0.29) is 36.3 Å². The summed E-state index contributed by atoms with van der Waals surface area (Å²) in [4.78, 5) is 19.4. The Bertz CT molecular complexity index is 509. The Hall–Kier alpha value is -0.400. The van der Waals surface area contributed by atoms with Crippen molar-refractivity contribution in [3.63, 3.8) is 0 Å². The van der Waals surface area contributed by atoms with Crippen LogP contribution < -0.4 is 10.6 Å². The highest BCUT2D eigenvalue weighted by molar-refractivity contribution is 6.07. The number of hydrogen-bond acceptors (Lipinski definition) is 5. The van der Waals surface area contributed by atoms with E-state index in [4.69, 9.17) is 4.74 Å². The number of rotatable bonds is 1. The van der Waals surface area contributed by atoms with Gasteiger partial charge in [-0.05, 0) is 58.5 Å². The molecule has 0 aliphatic carbocycles. The maximum atomic E-state index is 12.2. The molecule has 0 aromatic carbocycles. The first-order chi connectivity index (χ1) is 11.1. The fourth-order valence-electron chi connectivity index (χ4n) is 4.82. The number of carbonyl (C=O) groups excluding carboxylic acids is 1. The van der Waals surface area contributed by atoms with Crippen LogP contribution in [0.5, 0.6) is 0 Å². The molecule has 6 nitrogen and oxygen atoms in total. The van der Waals surface area contributed by atoms with Gasteiger partial charge in [0.2, 0.25) is 0 Å². The van der Waals surface area contributed by atoms with Gasteiger partial charge in [-0.1, -0.05) is 0 Å². The summed E-state index contributed by atoms with van der Waals surface area (Å²) in [6.07, 6.45) is 6.23. The van der Waals surface area contributed by atoms with Gasteiger partial charge in [0.15, 0.2) is 0 Å². The van der Waals surface area contributed by atoms with Gasteiger partial charge in [-0.3, -0.25) is 14.7 Å². The maximum Gasteiger partial charge on any atom is 0.253 e. The summed E-state index contributed by atoms with van der Waals surface area (Å²) in [6, 6.07) is 0.605. The fraction of sp³-hybridized carbons (Fsp3) is 0.882. The van der Waals surface area contributed by atoms with Crippen LogP contribution in [0.3, 0.4) is 0 Å². The number of ether oxygens (including phenoxy) is 1. The average molecular weight is 393 g/mol. The minimum atomic E-state index is -0.474. The second-order valence-electron chi connectivity index (χ2n) is 7.65. The third-order valence-electron chi connectivity index (χ3n) is 6.22. The molecule has 2 N–H and O–H groups in total. The number of nitrogens with one attached hydrogen (secondary N) is 2. The minimum absolute atomic E-state index is 0. The van der Waals surface area contributed by atoms with Crippen molar-refractivity contribution >= 4 is 36.6 Å². The third-order valence-corrected chi connectivity index (χ3v) is 6.22. The lowest BCUT2D eigenvalue weighted by Gasteiger charge is -2.48. The van der Waals surface area contributed by atoms with Gasteiger partial charge >= 0.3 is 0 Å². The van der Waals surface area contributed by atoms with Crippen molar-refractivity contribution in [3.05, 3.63) is 0 Å². The quantitative estimate of drug-likeness (QED) is 0.709. The van der Waals surface area contributed by atoms with Crippen molar-refractivity contribution in [2.24, 2.45) is 4.99 Å². The van der Waals surface area contributed by atoms with E-state index in [0.29, 0.717) is 6.04 Å². The molecule has 2 spiro atoms. The predicted octanol–water partition coefficient (Wildman–Crippen LogP) is 1.51. The van der Waals surface area contributed by atoms with E-state index in [1.54, 1.807) is 0 Å². The SMILES string of the molecule is CC1=NC2(CCN(C3CCOC4(CCNCC4)C3)CC2)C(=O)N1.Cl.Cl. The van der Waals surface area contributed by atoms with E-state index in [9.17, 15) is 4.79 Å². The van der Waals surface area contributed by atoms with Crippen LogP contribution >= 0.6 is 24.8 Å². The molecule has 0 bridgehead atoms. The van der Waals surface area contributed by atoms with Crippen LogP contribution in [0.15, 0.2) is 4.99 Å². The molecular formula is C17H30Cl2N4O2. The highest BCUT2D eigenvalue weighted by atomic mass is 35.5. The van der Waals surface area contributed by atoms with Gasteiger partial charge in [0.05, 0.1) is 5.60 Å². The molecule has 1 unspecified atom stereocenters. The Morgan fingerprint density at radius 2 is 1.84 bits per heavy atom. The summed E-state index contributed by atoms with van der Waals surface area (Å²) in [5.41, 5.74) is -0.374. The zero-order valence-electron chi connectivity index (χ0n) is 14.9. The minimum Gasteiger partial charge on any atom is -0.375 e. The number of carbonyl (C=O) groups is 1. The Morgan fingerprint density at radius 1 is 1.16 bits per heavy atom. The normalized spacial score (nSPS) is 31.0. The summed E-state index contributed by atoms with van der Waals surface area (Å²) < 4.78 is 6.20. The van der Waals surface area contributed by atoms with Gasteiger partial charge in [-0.2, -0.15) is 0 Å². The zero-order valence-corrected chi connectivity index (χ0v) is 16.5. The molecule has 0 aromatic rings. The molecule has 0 saturated carbocycles. The van der Waals surface area contributed by atoms with E-state index in [1.165, 1.54) is 0 Å². The number of nitrogens with zero attached hydrogens (tertiary/aromatic N) is 2. The second-order valence-corrected chi connectivity index (χ2v) is 7.65. The van der Waals surface area contributed by atoms with Crippen LogP contribution in [-0.2, 0) is 9.53 Å². The largest absolute Gasteiger partial charge is 0.375 e. The van der Waals surface area contributed by atoms with Gasteiger partial charge in [0.25, 0.3) is 5.91 Å². The Kier molecular flexibility index (Phi) is 6.77. The monoisotopic (exact) mass is 392 g/mol. The van der Waals surface area contributed by atoms with Crippen molar-refractivity contribution in [2.45, 2.75) is 62.6 Å². The molecule has 3 fully saturated rings. The molecule has 1 atom stereocenters. The molecule has 1 amide bonds. The Morgan fingerprint density at radius 3 is 2.44 bits per heavy atom. The molecule has 4 heterocycles. The molecule has 0 aromatic heterocycles. The second kappa shape index (κ2) is 8.09. The number of likely N-dealkylation sites (tertiary alicyclic amines) is 1. The molecule has 8 heteroatoms. The summed E-state index contributed by atoms with van der Waals surface area (Å²) >= 11 is 0. The molecule has 4 rings (SSSR count). The van der Waals surface area contributed by atoms with Crippen LogP contribution in [0, 0.1) is 0 Å². The summed E-state index contributed by atoms with van der Waals surface area (Å²) in [5.74, 6) is 0.889. The van der Waals surface area contributed by atoms with Crippen molar-refractivity contribution in [1.29, 1.82) is 0 Å². The van der Waals surface area contributed by atoms with Gasteiger partial charge < -0.3 is 15.4 Å². The summed E-state index contributed by atoms with van der Waals surface area (Å²) in [6.45, 7) is 6.86.